The highest BCUT2D eigenvalue weighted by molar-refractivity contribution is 8.00. The second kappa shape index (κ2) is 8.59. The van der Waals surface area contributed by atoms with Crippen LogP contribution in [0.3, 0.4) is 0 Å². The van der Waals surface area contributed by atoms with Crippen molar-refractivity contribution in [2.24, 2.45) is 11.8 Å². The maximum absolute atomic E-state index is 10.8. The molecule has 0 saturated heterocycles. The van der Waals surface area contributed by atoms with Crippen molar-refractivity contribution in [3.63, 3.8) is 0 Å². The van der Waals surface area contributed by atoms with Gasteiger partial charge in [-0.3, -0.25) is 0 Å². The molecule has 126 valence electrons. The van der Waals surface area contributed by atoms with Gasteiger partial charge in [0.15, 0.2) is 0 Å². The molecule has 2 atom stereocenters. The van der Waals surface area contributed by atoms with Gasteiger partial charge < -0.3 is 5.11 Å². The zero-order chi connectivity index (χ0) is 16.0. The van der Waals surface area contributed by atoms with E-state index in [-0.39, 0.29) is 16.8 Å². The van der Waals surface area contributed by atoms with Crippen LogP contribution in [0.25, 0.3) is 0 Å². The molecule has 2 rings (SSSR count). The highest BCUT2D eigenvalue weighted by Gasteiger charge is 2.34. The van der Waals surface area contributed by atoms with Crippen LogP contribution in [-0.2, 0) is 0 Å². The normalized spacial score (nSPS) is 25.1. The van der Waals surface area contributed by atoms with Crippen molar-refractivity contribution < 1.29 is 5.11 Å². The van der Waals surface area contributed by atoms with E-state index < -0.39 is 0 Å². The first-order valence-corrected chi connectivity index (χ1v) is 10.2. The lowest BCUT2D eigenvalue weighted by Crippen LogP contribution is -2.39. The monoisotopic (exact) mass is 322 g/mol. The fraction of sp³-hybridized carbons (Fsp3) is 0.800. The van der Waals surface area contributed by atoms with Crippen LogP contribution in [-0.4, -0.2) is 21.7 Å². The minimum Gasteiger partial charge on any atom is -0.391 e. The molecule has 0 aromatic rings. The highest BCUT2D eigenvalue weighted by atomic mass is 32.2. The van der Waals surface area contributed by atoms with Crippen LogP contribution in [0.1, 0.15) is 72.1 Å². The van der Waals surface area contributed by atoms with Gasteiger partial charge >= 0.3 is 0 Å². The maximum atomic E-state index is 10.8. The van der Waals surface area contributed by atoms with E-state index in [1.165, 1.54) is 44.9 Å². The topological polar surface area (TPSA) is 20.2 Å². The lowest BCUT2D eigenvalue weighted by molar-refractivity contribution is 0.0999. The molecular weight excluding hydrogens is 288 g/mol. The predicted molar refractivity (Wildman–Crippen MR) is 99.4 cm³/mol. The Morgan fingerprint density at radius 3 is 2.59 bits per heavy atom. The summed E-state index contributed by atoms with van der Waals surface area (Å²) in [5, 5.41) is 10.8. The SMILES string of the molecule is CCCCSC(C)(C)C(O)C1C=CC(C2CCCCC2)=CC1. The Balaban J connectivity index is 1.87. The number of aliphatic hydroxyl groups excluding tert-OH is 1. The van der Waals surface area contributed by atoms with Crippen LogP contribution in [0, 0.1) is 11.8 Å². The van der Waals surface area contributed by atoms with Crippen LogP contribution in [0.5, 0.6) is 0 Å². The third-order valence-electron chi connectivity index (χ3n) is 5.33. The van der Waals surface area contributed by atoms with Gasteiger partial charge in [0.1, 0.15) is 0 Å². The Bertz CT molecular complexity index is 391. The standard InChI is InChI=1S/C20H34OS/c1-4-5-15-22-20(2,3)19(21)18-13-11-17(12-14-18)16-9-7-6-8-10-16/h11-13,16,18-19,21H,4-10,14-15H2,1-3H3. The van der Waals surface area contributed by atoms with E-state index in [0.29, 0.717) is 0 Å². The molecule has 0 amide bonds. The Morgan fingerprint density at radius 1 is 1.27 bits per heavy atom. The van der Waals surface area contributed by atoms with E-state index in [4.69, 9.17) is 0 Å². The molecule has 22 heavy (non-hydrogen) atoms. The van der Waals surface area contributed by atoms with E-state index in [0.717, 1.165) is 18.1 Å². The minimum atomic E-state index is -0.255. The fourth-order valence-corrected chi connectivity index (χ4v) is 5.01. The molecule has 2 aliphatic rings. The van der Waals surface area contributed by atoms with Gasteiger partial charge in [0.05, 0.1) is 6.10 Å². The summed E-state index contributed by atoms with van der Waals surface area (Å²) in [4.78, 5) is 0. The summed E-state index contributed by atoms with van der Waals surface area (Å²) in [6, 6.07) is 0. The summed E-state index contributed by atoms with van der Waals surface area (Å²) in [5.74, 6) is 2.23. The van der Waals surface area contributed by atoms with Crippen LogP contribution in [0.15, 0.2) is 23.8 Å². The van der Waals surface area contributed by atoms with E-state index in [2.05, 4.69) is 39.0 Å². The molecule has 0 aliphatic heterocycles. The summed E-state index contributed by atoms with van der Waals surface area (Å²) < 4.78 is -0.0552. The number of hydrogen-bond acceptors (Lipinski definition) is 2. The molecule has 0 heterocycles. The van der Waals surface area contributed by atoms with Gasteiger partial charge in [-0.15, -0.1) is 0 Å². The molecule has 0 bridgehead atoms. The first kappa shape index (κ1) is 18.1. The number of rotatable bonds is 7. The summed E-state index contributed by atoms with van der Waals surface area (Å²) in [7, 11) is 0. The molecule has 2 heteroatoms. The van der Waals surface area contributed by atoms with Gasteiger partial charge in [-0.2, -0.15) is 11.8 Å². The largest absolute Gasteiger partial charge is 0.391 e. The summed E-state index contributed by atoms with van der Waals surface area (Å²) in [6.45, 7) is 6.63. The van der Waals surface area contributed by atoms with Crippen molar-refractivity contribution in [1.82, 2.24) is 0 Å². The average molecular weight is 323 g/mol. The number of thioether (sulfide) groups is 1. The van der Waals surface area contributed by atoms with E-state index in [1.807, 2.05) is 11.8 Å². The Labute approximate surface area is 141 Å². The second-order valence-electron chi connectivity index (χ2n) is 7.55. The van der Waals surface area contributed by atoms with E-state index in [1.54, 1.807) is 5.57 Å². The van der Waals surface area contributed by atoms with Crippen LogP contribution in [0.4, 0.5) is 0 Å². The molecule has 1 nitrogen and oxygen atoms in total. The van der Waals surface area contributed by atoms with Crippen molar-refractivity contribution in [3.05, 3.63) is 23.8 Å². The van der Waals surface area contributed by atoms with Crippen molar-refractivity contribution >= 4 is 11.8 Å². The predicted octanol–water partition coefficient (Wildman–Crippen LogP) is 5.74. The molecule has 1 fully saturated rings. The minimum absolute atomic E-state index is 0.0552. The van der Waals surface area contributed by atoms with E-state index in [9.17, 15) is 5.11 Å². The van der Waals surface area contributed by atoms with Crippen LogP contribution in [0.2, 0.25) is 0 Å². The number of allylic oxidation sites excluding steroid dienone is 3. The molecule has 0 spiro atoms. The van der Waals surface area contributed by atoms with Gasteiger partial charge in [-0.05, 0) is 56.8 Å². The fourth-order valence-electron chi connectivity index (χ4n) is 3.71. The van der Waals surface area contributed by atoms with Crippen molar-refractivity contribution in [2.45, 2.75) is 83.0 Å². The molecule has 0 aromatic heterocycles. The van der Waals surface area contributed by atoms with Crippen molar-refractivity contribution in [3.8, 4) is 0 Å². The molecule has 2 unspecified atom stereocenters. The number of hydrogen-bond donors (Lipinski definition) is 1. The lowest BCUT2D eigenvalue weighted by Gasteiger charge is -2.36. The number of aliphatic hydroxyl groups is 1. The molecule has 0 aromatic carbocycles. The lowest BCUT2D eigenvalue weighted by atomic mass is 9.79. The molecule has 0 radical (unpaired) electrons. The van der Waals surface area contributed by atoms with Gasteiger partial charge in [0.2, 0.25) is 0 Å². The van der Waals surface area contributed by atoms with Crippen molar-refractivity contribution in [1.29, 1.82) is 0 Å². The zero-order valence-electron chi connectivity index (χ0n) is 14.7. The molecule has 2 aliphatic carbocycles. The zero-order valence-corrected chi connectivity index (χ0v) is 15.5. The van der Waals surface area contributed by atoms with E-state index >= 15 is 0 Å². The van der Waals surface area contributed by atoms with Gasteiger partial charge in [-0.1, -0.05) is 50.8 Å². The van der Waals surface area contributed by atoms with Crippen LogP contribution < -0.4 is 0 Å². The van der Waals surface area contributed by atoms with Gasteiger partial charge in [0.25, 0.3) is 0 Å². The first-order chi connectivity index (χ1) is 10.5. The third-order valence-corrected chi connectivity index (χ3v) is 6.81. The van der Waals surface area contributed by atoms with Gasteiger partial charge in [-0.25, -0.2) is 0 Å². The summed E-state index contributed by atoms with van der Waals surface area (Å²) in [5.41, 5.74) is 1.54. The van der Waals surface area contributed by atoms with Crippen LogP contribution >= 0.6 is 11.8 Å². The smallest absolute Gasteiger partial charge is 0.0746 e. The number of unbranched alkanes of at least 4 members (excludes halogenated alkanes) is 1. The van der Waals surface area contributed by atoms with Crippen molar-refractivity contribution in [2.75, 3.05) is 5.75 Å². The summed E-state index contributed by atoms with van der Waals surface area (Å²) in [6.07, 6.45) is 17.2. The average Bonchev–Trinajstić information content (AvgIpc) is 2.55. The Morgan fingerprint density at radius 2 is 2.00 bits per heavy atom. The summed E-state index contributed by atoms with van der Waals surface area (Å²) >= 11 is 1.93. The Kier molecular flexibility index (Phi) is 7.08. The first-order valence-electron chi connectivity index (χ1n) is 9.25. The Hall–Kier alpha value is -0.210. The second-order valence-corrected chi connectivity index (χ2v) is 9.30. The third kappa shape index (κ3) is 4.89. The molecule has 1 saturated carbocycles. The highest BCUT2D eigenvalue weighted by Crippen LogP contribution is 2.38. The maximum Gasteiger partial charge on any atom is 0.0746 e. The quantitative estimate of drug-likeness (QED) is 0.603. The molecular formula is C20H34OS. The molecule has 1 N–H and O–H groups in total. The van der Waals surface area contributed by atoms with Gasteiger partial charge in [0, 0.05) is 10.7 Å².